The maximum Gasteiger partial charge on any atom is 0.253 e. The van der Waals surface area contributed by atoms with Gasteiger partial charge in [0.15, 0.2) is 0 Å². The van der Waals surface area contributed by atoms with Crippen LogP contribution in [0.15, 0.2) is 47.6 Å². The van der Waals surface area contributed by atoms with Gasteiger partial charge in [0.25, 0.3) is 5.91 Å². The number of carbonyl (C=O) groups is 1. The normalized spacial score (nSPS) is 15.0. The molecule has 0 unspecified atom stereocenters. The molecule has 1 aliphatic rings. The van der Waals surface area contributed by atoms with Gasteiger partial charge in [-0.2, -0.15) is 0 Å². The van der Waals surface area contributed by atoms with Crippen molar-refractivity contribution >= 4 is 29.3 Å². The van der Waals surface area contributed by atoms with Gasteiger partial charge < -0.3 is 10.2 Å². The topological polar surface area (TPSA) is 45.2 Å². The average molecular weight is 390 g/mol. The third-order valence-electron chi connectivity index (χ3n) is 4.47. The van der Waals surface area contributed by atoms with E-state index >= 15 is 0 Å². The number of nitrogens with zero attached hydrogens (tertiary/aromatic N) is 2. The van der Waals surface area contributed by atoms with E-state index in [1.54, 1.807) is 18.0 Å². The summed E-state index contributed by atoms with van der Waals surface area (Å²) in [5.41, 5.74) is 1.60. The first-order valence-electron chi connectivity index (χ1n) is 9.04. The summed E-state index contributed by atoms with van der Waals surface area (Å²) in [4.78, 5) is 19.2. The molecular weight excluding hydrogens is 366 g/mol. The number of hydrogen-bond acceptors (Lipinski definition) is 4. The first-order chi connectivity index (χ1) is 12.7. The van der Waals surface area contributed by atoms with Crippen molar-refractivity contribution < 1.29 is 4.79 Å². The molecule has 1 aromatic carbocycles. The summed E-state index contributed by atoms with van der Waals surface area (Å²) < 4.78 is 0. The molecule has 26 heavy (non-hydrogen) atoms. The first-order valence-corrected chi connectivity index (χ1v) is 10.4. The lowest BCUT2D eigenvalue weighted by atomic mass is 10.1. The number of likely N-dealkylation sites (tertiary alicyclic amines) is 1. The second kappa shape index (κ2) is 9.95. The highest BCUT2D eigenvalue weighted by atomic mass is 35.5. The highest BCUT2D eigenvalue weighted by Gasteiger charge is 2.10. The van der Waals surface area contributed by atoms with Crippen LogP contribution in [0.25, 0.3) is 0 Å². The second-order valence-electron chi connectivity index (χ2n) is 6.45. The summed E-state index contributed by atoms with van der Waals surface area (Å²) in [5.74, 6) is 0.923. The van der Waals surface area contributed by atoms with Gasteiger partial charge in [0.1, 0.15) is 0 Å². The molecule has 1 saturated heterocycles. The predicted molar refractivity (Wildman–Crippen MR) is 108 cm³/mol. The molecule has 0 spiro atoms. The number of hydrogen-bond donors (Lipinski definition) is 1. The first kappa shape index (κ1) is 19.2. The maximum absolute atomic E-state index is 12.2. The number of pyridine rings is 1. The standard InChI is InChI=1S/C20H24ClN3OS/c21-18-7-4-16(5-8-18)14-23-20(25)17-6-9-19(22-15-17)26-13-12-24-10-2-1-3-11-24/h4-9,15H,1-3,10-14H2,(H,23,25). The van der Waals surface area contributed by atoms with Crippen molar-refractivity contribution in [3.63, 3.8) is 0 Å². The van der Waals surface area contributed by atoms with Crippen LogP contribution >= 0.6 is 23.4 Å². The molecule has 138 valence electrons. The summed E-state index contributed by atoms with van der Waals surface area (Å²) in [7, 11) is 0. The largest absolute Gasteiger partial charge is 0.348 e. The summed E-state index contributed by atoms with van der Waals surface area (Å²) in [6.45, 7) is 4.03. The van der Waals surface area contributed by atoms with E-state index in [-0.39, 0.29) is 5.91 Å². The van der Waals surface area contributed by atoms with Crippen LogP contribution in [0.1, 0.15) is 35.2 Å². The van der Waals surface area contributed by atoms with E-state index in [2.05, 4.69) is 15.2 Å². The van der Waals surface area contributed by atoms with Gasteiger partial charge >= 0.3 is 0 Å². The smallest absolute Gasteiger partial charge is 0.253 e. The summed E-state index contributed by atoms with van der Waals surface area (Å²) >= 11 is 7.61. The Bertz CT molecular complexity index is 700. The van der Waals surface area contributed by atoms with Crippen LogP contribution in [0.4, 0.5) is 0 Å². The third-order valence-corrected chi connectivity index (χ3v) is 5.65. The highest BCUT2D eigenvalue weighted by molar-refractivity contribution is 7.99. The van der Waals surface area contributed by atoms with Crippen molar-refractivity contribution in [2.45, 2.75) is 30.8 Å². The van der Waals surface area contributed by atoms with E-state index in [1.807, 2.05) is 36.4 Å². The van der Waals surface area contributed by atoms with Crippen LogP contribution in [0, 0.1) is 0 Å². The fraction of sp³-hybridized carbons (Fsp3) is 0.400. The lowest BCUT2D eigenvalue weighted by molar-refractivity contribution is 0.0950. The molecule has 1 N–H and O–H groups in total. The van der Waals surface area contributed by atoms with Crippen molar-refractivity contribution in [2.24, 2.45) is 0 Å². The van der Waals surface area contributed by atoms with Gasteiger partial charge in [-0.3, -0.25) is 4.79 Å². The highest BCUT2D eigenvalue weighted by Crippen LogP contribution is 2.17. The SMILES string of the molecule is O=C(NCc1ccc(Cl)cc1)c1ccc(SCCN2CCCCC2)nc1. The zero-order valence-electron chi connectivity index (χ0n) is 14.8. The van der Waals surface area contributed by atoms with Crippen molar-refractivity contribution in [3.8, 4) is 0 Å². The van der Waals surface area contributed by atoms with Crippen LogP contribution in [-0.4, -0.2) is 41.2 Å². The van der Waals surface area contributed by atoms with Gasteiger partial charge in [-0.15, -0.1) is 11.8 Å². The van der Waals surface area contributed by atoms with E-state index in [9.17, 15) is 4.79 Å². The fourth-order valence-corrected chi connectivity index (χ4v) is 3.93. The number of piperidine rings is 1. The molecule has 2 aromatic rings. The Balaban J connectivity index is 1.42. The van der Waals surface area contributed by atoms with E-state index in [0.717, 1.165) is 22.9 Å². The number of benzene rings is 1. The number of halogens is 1. The van der Waals surface area contributed by atoms with Crippen LogP contribution in [-0.2, 0) is 6.54 Å². The molecule has 0 saturated carbocycles. The zero-order chi connectivity index (χ0) is 18.2. The average Bonchev–Trinajstić information content (AvgIpc) is 2.69. The van der Waals surface area contributed by atoms with Gasteiger partial charge in [0, 0.05) is 30.1 Å². The van der Waals surface area contributed by atoms with Crippen molar-refractivity contribution in [1.29, 1.82) is 0 Å². The lowest BCUT2D eigenvalue weighted by Crippen LogP contribution is -2.31. The monoisotopic (exact) mass is 389 g/mol. The number of carbonyl (C=O) groups excluding carboxylic acids is 1. The summed E-state index contributed by atoms with van der Waals surface area (Å²) in [6, 6.07) is 11.2. The minimum absolute atomic E-state index is 0.114. The molecule has 4 nitrogen and oxygen atoms in total. The van der Waals surface area contributed by atoms with Crippen molar-refractivity contribution in [3.05, 3.63) is 58.7 Å². The lowest BCUT2D eigenvalue weighted by Gasteiger charge is -2.25. The Morgan fingerprint density at radius 1 is 1.12 bits per heavy atom. The minimum Gasteiger partial charge on any atom is -0.348 e. The van der Waals surface area contributed by atoms with Gasteiger partial charge in [-0.05, 0) is 55.8 Å². The molecular formula is C20H24ClN3OS. The van der Waals surface area contributed by atoms with E-state index in [0.29, 0.717) is 17.1 Å². The van der Waals surface area contributed by atoms with Gasteiger partial charge in [-0.25, -0.2) is 4.98 Å². The minimum atomic E-state index is -0.114. The zero-order valence-corrected chi connectivity index (χ0v) is 16.4. The molecule has 1 fully saturated rings. The molecule has 6 heteroatoms. The quantitative estimate of drug-likeness (QED) is 0.719. The molecule has 1 aliphatic heterocycles. The molecule has 2 heterocycles. The molecule has 0 aliphatic carbocycles. The Hall–Kier alpha value is -1.56. The molecule has 0 atom stereocenters. The number of aromatic nitrogens is 1. The van der Waals surface area contributed by atoms with E-state index < -0.39 is 0 Å². The molecule has 1 amide bonds. The molecule has 1 aromatic heterocycles. The van der Waals surface area contributed by atoms with Gasteiger partial charge in [0.2, 0.25) is 0 Å². The molecule has 0 bridgehead atoms. The summed E-state index contributed by atoms with van der Waals surface area (Å²) in [5, 5.41) is 4.57. The Morgan fingerprint density at radius 3 is 2.58 bits per heavy atom. The fourth-order valence-electron chi connectivity index (χ4n) is 2.95. The second-order valence-corrected chi connectivity index (χ2v) is 8.00. The van der Waals surface area contributed by atoms with Crippen molar-refractivity contribution in [2.75, 3.05) is 25.4 Å². The predicted octanol–water partition coefficient (Wildman–Crippen LogP) is 4.24. The van der Waals surface area contributed by atoms with Crippen molar-refractivity contribution in [1.82, 2.24) is 15.2 Å². The van der Waals surface area contributed by atoms with E-state index in [4.69, 9.17) is 11.6 Å². The Kier molecular flexibility index (Phi) is 7.35. The number of amides is 1. The van der Waals surface area contributed by atoms with Gasteiger partial charge in [0.05, 0.1) is 10.6 Å². The van der Waals surface area contributed by atoms with Crippen LogP contribution in [0.2, 0.25) is 5.02 Å². The number of nitrogens with one attached hydrogen (secondary N) is 1. The summed E-state index contributed by atoms with van der Waals surface area (Å²) in [6.07, 6.45) is 5.67. The van der Waals surface area contributed by atoms with Crippen LogP contribution < -0.4 is 5.32 Å². The molecule has 0 radical (unpaired) electrons. The van der Waals surface area contributed by atoms with E-state index in [1.165, 1.54) is 32.4 Å². The Labute approximate surface area is 164 Å². The third kappa shape index (κ3) is 6.01. The van der Waals surface area contributed by atoms with Crippen LogP contribution in [0.3, 0.4) is 0 Å². The molecule has 3 rings (SSSR count). The maximum atomic E-state index is 12.2. The number of thioether (sulfide) groups is 1. The number of rotatable bonds is 7. The van der Waals surface area contributed by atoms with Crippen LogP contribution in [0.5, 0.6) is 0 Å². The van der Waals surface area contributed by atoms with Gasteiger partial charge in [-0.1, -0.05) is 30.2 Å². The Morgan fingerprint density at radius 2 is 1.88 bits per heavy atom.